The first-order valence-electron chi connectivity index (χ1n) is 4.81. The van der Waals surface area contributed by atoms with Crippen molar-refractivity contribution in [3.05, 3.63) is 52.5 Å². The van der Waals surface area contributed by atoms with Crippen molar-refractivity contribution in [2.24, 2.45) is 0 Å². The Morgan fingerprint density at radius 3 is 2.57 bits per heavy atom. The van der Waals surface area contributed by atoms with Crippen molar-refractivity contribution in [2.45, 2.75) is 19.8 Å². The van der Waals surface area contributed by atoms with Crippen LogP contribution in [0.1, 0.15) is 16.1 Å². The van der Waals surface area contributed by atoms with Crippen LogP contribution in [-0.2, 0) is 12.8 Å². The summed E-state index contributed by atoms with van der Waals surface area (Å²) in [4.78, 5) is 1.38. The van der Waals surface area contributed by atoms with Crippen molar-refractivity contribution >= 4 is 11.5 Å². The molecule has 1 aromatic heterocycles. The second-order valence-electron chi connectivity index (χ2n) is 3.42. The Bertz CT molecular complexity index is 392. The first-order chi connectivity index (χ1) is 6.84. The number of aryl methyl sites for hydroxylation is 3. The van der Waals surface area contributed by atoms with Crippen LogP contribution in [0, 0.1) is 6.92 Å². The zero-order valence-corrected chi connectivity index (χ0v) is 9.05. The molecule has 0 bridgehead atoms. The lowest BCUT2D eigenvalue weighted by atomic mass is 10.1. The highest BCUT2D eigenvalue weighted by atomic mass is 32.1. The average Bonchev–Trinajstić information content (AvgIpc) is 2.63. The number of rotatable bonds is 3. The molecule has 0 atom stereocenters. The molecule has 0 radical (unpaired) electrons. The van der Waals surface area contributed by atoms with Gasteiger partial charge in [0.2, 0.25) is 0 Å². The summed E-state index contributed by atoms with van der Waals surface area (Å²) in [5, 5.41) is 0. The molecule has 0 spiro atoms. The van der Waals surface area contributed by atoms with E-state index in [0.717, 1.165) is 18.5 Å². The summed E-state index contributed by atoms with van der Waals surface area (Å²) < 4.78 is 4.27. The SMILES string of the molecule is Cc1cc(CCc2ccccc2)sn1. The lowest BCUT2D eigenvalue weighted by Gasteiger charge is -1.97. The van der Waals surface area contributed by atoms with E-state index in [4.69, 9.17) is 0 Å². The maximum Gasteiger partial charge on any atom is 0.0514 e. The second-order valence-corrected chi connectivity index (χ2v) is 4.31. The molecule has 0 unspecified atom stereocenters. The number of hydrogen-bond donors (Lipinski definition) is 0. The molecule has 0 aliphatic carbocycles. The third-order valence-electron chi connectivity index (χ3n) is 2.18. The summed E-state index contributed by atoms with van der Waals surface area (Å²) >= 11 is 1.62. The standard InChI is InChI=1S/C12H13NS/c1-10-9-12(14-13-10)8-7-11-5-3-2-4-6-11/h2-6,9H,7-8H2,1H3. The van der Waals surface area contributed by atoms with Gasteiger partial charge in [-0.05, 0) is 42.9 Å². The van der Waals surface area contributed by atoms with Gasteiger partial charge in [0.25, 0.3) is 0 Å². The first-order valence-corrected chi connectivity index (χ1v) is 5.58. The summed E-state index contributed by atoms with van der Waals surface area (Å²) in [6.07, 6.45) is 2.22. The fraction of sp³-hybridized carbons (Fsp3) is 0.250. The van der Waals surface area contributed by atoms with E-state index in [1.54, 1.807) is 11.5 Å². The molecule has 2 rings (SSSR count). The maximum atomic E-state index is 4.27. The van der Waals surface area contributed by atoms with Crippen LogP contribution >= 0.6 is 11.5 Å². The van der Waals surface area contributed by atoms with E-state index in [1.807, 2.05) is 6.92 Å². The van der Waals surface area contributed by atoms with Crippen LogP contribution in [0.5, 0.6) is 0 Å². The summed E-state index contributed by atoms with van der Waals surface area (Å²) in [7, 11) is 0. The van der Waals surface area contributed by atoms with Crippen molar-refractivity contribution < 1.29 is 0 Å². The van der Waals surface area contributed by atoms with Crippen molar-refractivity contribution in [2.75, 3.05) is 0 Å². The van der Waals surface area contributed by atoms with Gasteiger partial charge in [0.1, 0.15) is 0 Å². The number of nitrogens with zero attached hydrogens (tertiary/aromatic N) is 1. The highest BCUT2D eigenvalue weighted by Crippen LogP contribution is 2.12. The topological polar surface area (TPSA) is 12.9 Å². The Hall–Kier alpha value is -1.15. The Morgan fingerprint density at radius 1 is 1.14 bits per heavy atom. The van der Waals surface area contributed by atoms with Crippen LogP contribution in [0.25, 0.3) is 0 Å². The highest BCUT2D eigenvalue weighted by Gasteiger charge is 1.98. The molecular formula is C12H13NS. The van der Waals surface area contributed by atoms with Gasteiger partial charge in [-0.1, -0.05) is 30.3 Å². The maximum absolute atomic E-state index is 4.27. The molecule has 0 saturated heterocycles. The minimum absolute atomic E-state index is 1.11. The number of benzene rings is 1. The summed E-state index contributed by atoms with van der Waals surface area (Å²) in [5.74, 6) is 0. The lowest BCUT2D eigenvalue weighted by molar-refractivity contribution is 0.980. The minimum Gasteiger partial charge on any atom is -0.198 e. The Labute approximate surface area is 88.6 Å². The van der Waals surface area contributed by atoms with E-state index < -0.39 is 0 Å². The van der Waals surface area contributed by atoms with E-state index in [1.165, 1.54) is 10.4 Å². The Morgan fingerprint density at radius 2 is 1.93 bits per heavy atom. The molecule has 0 fully saturated rings. The number of hydrogen-bond acceptors (Lipinski definition) is 2. The van der Waals surface area contributed by atoms with Crippen LogP contribution < -0.4 is 0 Å². The molecule has 0 saturated carbocycles. The van der Waals surface area contributed by atoms with Crippen molar-refractivity contribution in [1.29, 1.82) is 0 Å². The van der Waals surface area contributed by atoms with E-state index in [9.17, 15) is 0 Å². The minimum atomic E-state index is 1.11. The second kappa shape index (κ2) is 4.38. The average molecular weight is 203 g/mol. The van der Waals surface area contributed by atoms with Crippen LogP contribution in [0.15, 0.2) is 36.4 Å². The first kappa shape index (κ1) is 9.41. The molecule has 14 heavy (non-hydrogen) atoms. The van der Waals surface area contributed by atoms with Gasteiger partial charge in [-0.3, -0.25) is 0 Å². The lowest BCUT2D eigenvalue weighted by Crippen LogP contribution is -1.87. The van der Waals surface area contributed by atoms with E-state index in [0.29, 0.717) is 0 Å². The highest BCUT2D eigenvalue weighted by molar-refractivity contribution is 7.05. The van der Waals surface area contributed by atoms with Gasteiger partial charge < -0.3 is 0 Å². The summed E-state index contributed by atoms with van der Waals surface area (Å²) in [5.41, 5.74) is 2.54. The van der Waals surface area contributed by atoms with Gasteiger partial charge in [0, 0.05) is 4.88 Å². The molecule has 1 aromatic carbocycles. The van der Waals surface area contributed by atoms with Crippen LogP contribution in [-0.4, -0.2) is 4.37 Å². The van der Waals surface area contributed by atoms with E-state index in [-0.39, 0.29) is 0 Å². The van der Waals surface area contributed by atoms with E-state index in [2.05, 4.69) is 40.8 Å². The van der Waals surface area contributed by atoms with Gasteiger partial charge in [0.15, 0.2) is 0 Å². The zero-order chi connectivity index (χ0) is 9.80. The van der Waals surface area contributed by atoms with Gasteiger partial charge in [-0.25, -0.2) is 0 Å². The van der Waals surface area contributed by atoms with Gasteiger partial charge in [-0.15, -0.1) is 0 Å². The molecular weight excluding hydrogens is 190 g/mol. The monoisotopic (exact) mass is 203 g/mol. The van der Waals surface area contributed by atoms with Crippen LogP contribution in [0.3, 0.4) is 0 Å². The Kier molecular flexibility index (Phi) is 2.94. The van der Waals surface area contributed by atoms with Gasteiger partial charge in [0.05, 0.1) is 5.69 Å². The molecule has 1 heterocycles. The normalized spacial score (nSPS) is 10.4. The molecule has 1 nitrogen and oxygen atoms in total. The quantitative estimate of drug-likeness (QED) is 0.746. The molecule has 2 aromatic rings. The molecule has 0 aliphatic heterocycles. The third-order valence-corrected chi connectivity index (χ3v) is 3.12. The fourth-order valence-corrected chi connectivity index (χ4v) is 2.18. The Balaban J connectivity index is 1.95. The molecule has 0 amide bonds. The van der Waals surface area contributed by atoms with Crippen LogP contribution in [0.4, 0.5) is 0 Å². The van der Waals surface area contributed by atoms with Crippen molar-refractivity contribution in [3.8, 4) is 0 Å². The largest absolute Gasteiger partial charge is 0.198 e. The molecule has 0 N–H and O–H groups in total. The fourth-order valence-electron chi connectivity index (χ4n) is 1.45. The zero-order valence-electron chi connectivity index (χ0n) is 8.23. The van der Waals surface area contributed by atoms with Gasteiger partial charge in [-0.2, -0.15) is 4.37 Å². The molecule has 72 valence electrons. The number of aromatic nitrogens is 1. The van der Waals surface area contributed by atoms with Crippen molar-refractivity contribution in [3.63, 3.8) is 0 Å². The van der Waals surface area contributed by atoms with Gasteiger partial charge >= 0.3 is 0 Å². The van der Waals surface area contributed by atoms with E-state index >= 15 is 0 Å². The summed E-state index contributed by atoms with van der Waals surface area (Å²) in [6, 6.07) is 12.8. The molecule has 2 heteroatoms. The summed E-state index contributed by atoms with van der Waals surface area (Å²) in [6.45, 7) is 2.04. The predicted octanol–water partition coefficient (Wildman–Crippen LogP) is 3.24. The predicted molar refractivity (Wildman–Crippen MR) is 60.7 cm³/mol. The van der Waals surface area contributed by atoms with Crippen LogP contribution in [0.2, 0.25) is 0 Å². The third kappa shape index (κ3) is 2.42. The molecule has 0 aliphatic rings. The smallest absolute Gasteiger partial charge is 0.0514 e. The van der Waals surface area contributed by atoms with Crippen molar-refractivity contribution in [1.82, 2.24) is 4.37 Å².